The number of hydrogen-bond acceptors (Lipinski definition) is 6. The van der Waals surface area contributed by atoms with E-state index in [1.54, 1.807) is 24.3 Å². The van der Waals surface area contributed by atoms with Gasteiger partial charge in [0, 0.05) is 25.2 Å². The minimum Gasteiger partial charge on any atom is -0.486 e. The fourth-order valence-corrected chi connectivity index (χ4v) is 4.00. The smallest absolute Gasteiger partial charge is 0.338 e. The Kier molecular flexibility index (Phi) is 7.05. The molecule has 1 N–H and O–H groups in total. The largest absolute Gasteiger partial charge is 0.486 e. The van der Waals surface area contributed by atoms with Crippen LogP contribution in [0.1, 0.15) is 32.6 Å². The van der Waals surface area contributed by atoms with Crippen molar-refractivity contribution in [3.63, 3.8) is 0 Å². The molecule has 2 heterocycles. The predicted octanol–water partition coefficient (Wildman–Crippen LogP) is 3.04. The Morgan fingerprint density at radius 2 is 1.97 bits per heavy atom. The van der Waals surface area contributed by atoms with E-state index in [0.29, 0.717) is 16.9 Å². The van der Waals surface area contributed by atoms with Gasteiger partial charge in [0.25, 0.3) is 0 Å². The van der Waals surface area contributed by atoms with Crippen LogP contribution in [0.3, 0.4) is 0 Å². The summed E-state index contributed by atoms with van der Waals surface area (Å²) in [5.41, 5.74) is 0.930. The number of cyclic esters (lactones) is 1. The lowest BCUT2D eigenvalue weighted by molar-refractivity contribution is -0.144. The van der Waals surface area contributed by atoms with Crippen LogP contribution in [-0.2, 0) is 28.6 Å². The van der Waals surface area contributed by atoms with Gasteiger partial charge in [-0.05, 0) is 32.3 Å². The fraction of sp³-hybridized carbons (Fsp3) is 0.435. The monoisotopic (exact) mass is 414 g/mol. The second-order valence-electron chi connectivity index (χ2n) is 7.49. The van der Waals surface area contributed by atoms with Crippen molar-refractivity contribution in [1.29, 1.82) is 0 Å². The SMILES string of the molecule is COC1CC(=O)/C2=C\CCCC(C)OC(=O)C3=C(/C=C/C=C/C=C/C(=O)O)OC1C32. The van der Waals surface area contributed by atoms with Crippen molar-refractivity contribution in [2.75, 3.05) is 7.11 Å². The first kappa shape index (κ1) is 21.8. The zero-order valence-corrected chi connectivity index (χ0v) is 17.1. The molecule has 0 aromatic rings. The summed E-state index contributed by atoms with van der Waals surface area (Å²) in [5, 5.41) is 8.61. The average Bonchev–Trinajstić information content (AvgIpc) is 3.07. The number of esters is 1. The Labute approximate surface area is 175 Å². The minimum absolute atomic E-state index is 0.0328. The molecule has 7 heteroatoms. The number of hydrogen-bond donors (Lipinski definition) is 1. The highest BCUT2D eigenvalue weighted by atomic mass is 16.6. The molecule has 0 aromatic heterocycles. The van der Waals surface area contributed by atoms with Crippen molar-refractivity contribution in [2.24, 2.45) is 5.92 Å². The molecule has 30 heavy (non-hydrogen) atoms. The average molecular weight is 414 g/mol. The van der Waals surface area contributed by atoms with E-state index in [2.05, 4.69) is 0 Å². The number of carbonyl (C=O) groups is 3. The van der Waals surface area contributed by atoms with Crippen LogP contribution in [0.25, 0.3) is 0 Å². The molecule has 3 aliphatic rings. The Morgan fingerprint density at radius 3 is 2.70 bits per heavy atom. The van der Waals surface area contributed by atoms with Gasteiger partial charge in [0.05, 0.1) is 17.6 Å². The molecule has 4 atom stereocenters. The van der Waals surface area contributed by atoms with Crippen molar-refractivity contribution < 1.29 is 33.7 Å². The van der Waals surface area contributed by atoms with E-state index in [1.165, 1.54) is 13.2 Å². The molecule has 2 aliphatic heterocycles. The first-order valence-corrected chi connectivity index (χ1v) is 10.0. The van der Waals surface area contributed by atoms with Crippen LogP contribution >= 0.6 is 0 Å². The third-order valence-corrected chi connectivity index (χ3v) is 5.41. The third-order valence-electron chi connectivity index (χ3n) is 5.41. The van der Waals surface area contributed by atoms with Crippen LogP contribution in [0.5, 0.6) is 0 Å². The molecule has 1 saturated carbocycles. The lowest BCUT2D eigenvalue weighted by Crippen LogP contribution is -2.44. The fourth-order valence-electron chi connectivity index (χ4n) is 4.00. The number of ketones is 1. The maximum atomic E-state index is 13.0. The van der Waals surface area contributed by atoms with Crippen molar-refractivity contribution >= 4 is 17.7 Å². The Morgan fingerprint density at radius 1 is 1.20 bits per heavy atom. The normalized spacial score (nSPS) is 31.6. The Balaban J connectivity index is 1.98. The van der Waals surface area contributed by atoms with Gasteiger partial charge in [-0.15, -0.1) is 0 Å². The number of allylic oxidation sites excluding steroid dienone is 6. The maximum Gasteiger partial charge on any atom is 0.338 e. The second-order valence-corrected chi connectivity index (χ2v) is 7.49. The molecule has 1 fully saturated rings. The van der Waals surface area contributed by atoms with Gasteiger partial charge < -0.3 is 19.3 Å². The lowest BCUT2D eigenvalue weighted by atomic mass is 9.75. The Hall–Kier alpha value is -2.93. The summed E-state index contributed by atoms with van der Waals surface area (Å²) >= 11 is 0. The molecule has 0 radical (unpaired) electrons. The van der Waals surface area contributed by atoms with Crippen molar-refractivity contribution in [2.45, 2.75) is 50.9 Å². The molecule has 160 valence electrons. The molecule has 1 aliphatic carbocycles. The van der Waals surface area contributed by atoms with Crippen molar-refractivity contribution in [3.8, 4) is 0 Å². The number of carbonyl (C=O) groups excluding carboxylic acids is 2. The summed E-state index contributed by atoms with van der Waals surface area (Å²) in [5.74, 6) is -1.73. The number of rotatable bonds is 5. The van der Waals surface area contributed by atoms with Crippen LogP contribution in [-0.4, -0.2) is 48.3 Å². The van der Waals surface area contributed by atoms with Gasteiger partial charge in [-0.1, -0.05) is 30.4 Å². The molecular weight excluding hydrogens is 388 g/mol. The highest BCUT2D eigenvalue weighted by Gasteiger charge is 2.51. The van der Waals surface area contributed by atoms with Crippen LogP contribution in [0, 0.1) is 5.92 Å². The van der Waals surface area contributed by atoms with Gasteiger partial charge in [-0.3, -0.25) is 4.79 Å². The summed E-state index contributed by atoms with van der Waals surface area (Å²) < 4.78 is 17.2. The minimum atomic E-state index is -1.04. The number of Topliss-reactive ketones (excluding diaryl/α,β-unsaturated/α-hetero) is 1. The van der Waals surface area contributed by atoms with E-state index in [0.717, 1.165) is 25.3 Å². The van der Waals surface area contributed by atoms with E-state index in [-0.39, 0.29) is 18.3 Å². The zero-order valence-electron chi connectivity index (χ0n) is 17.1. The summed E-state index contributed by atoms with van der Waals surface area (Å²) in [6.07, 6.45) is 12.1. The van der Waals surface area contributed by atoms with Gasteiger partial charge in [0.2, 0.25) is 0 Å². The van der Waals surface area contributed by atoms with E-state index < -0.39 is 30.1 Å². The number of ether oxygens (including phenoxy) is 3. The molecule has 0 amide bonds. The van der Waals surface area contributed by atoms with E-state index in [9.17, 15) is 14.4 Å². The standard InChI is InChI=1S/C23H26O7/c1-14-9-7-8-10-15-16(24)13-18(28-2)22-20(15)21(23(27)29-14)17(30-22)11-5-3-4-6-12-19(25)26/h3-6,10-12,14,18,20,22H,7-9,13H2,1-2H3,(H,25,26)/b4-3+,11-5+,12-6+,15-10+. The molecule has 0 saturated heterocycles. The first-order valence-electron chi connectivity index (χ1n) is 10.0. The molecule has 0 spiro atoms. The topological polar surface area (TPSA) is 99.1 Å². The summed E-state index contributed by atoms with van der Waals surface area (Å²) in [6.45, 7) is 1.86. The van der Waals surface area contributed by atoms with Gasteiger partial charge >= 0.3 is 11.9 Å². The molecule has 0 bridgehead atoms. The number of carboxylic acids is 1. The molecule has 0 aromatic carbocycles. The van der Waals surface area contributed by atoms with Gasteiger partial charge in [-0.25, -0.2) is 9.59 Å². The molecule has 7 nitrogen and oxygen atoms in total. The van der Waals surface area contributed by atoms with E-state index in [4.69, 9.17) is 19.3 Å². The van der Waals surface area contributed by atoms with Crippen LogP contribution in [0.2, 0.25) is 0 Å². The lowest BCUT2D eigenvalue weighted by Gasteiger charge is -2.34. The summed E-state index contributed by atoms with van der Waals surface area (Å²) in [6, 6.07) is 0. The van der Waals surface area contributed by atoms with E-state index >= 15 is 0 Å². The molecule has 3 rings (SSSR count). The van der Waals surface area contributed by atoms with Gasteiger partial charge in [0.15, 0.2) is 5.78 Å². The highest BCUT2D eigenvalue weighted by molar-refractivity contribution is 6.02. The first-order chi connectivity index (χ1) is 14.4. The van der Waals surface area contributed by atoms with Gasteiger partial charge in [-0.2, -0.15) is 0 Å². The highest BCUT2D eigenvalue weighted by Crippen LogP contribution is 2.45. The predicted molar refractivity (Wildman–Crippen MR) is 108 cm³/mol. The Bertz CT molecular complexity index is 859. The molecular formula is C23H26O7. The number of carboxylic acid groups (broad SMARTS) is 1. The zero-order chi connectivity index (χ0) is 21.7. The van der Waals surface area contributed by atoms with Crippen molar-refractivity contribution in [1.82, 2.24) is 0 Å². The van der Waals surface area contributed by atoms with Crippen molar-refractivity contribution in [3.05, 3.63) is 59.4 Å². The quantitative estimate of drug-likeness (QED) is 0.419. The van der Waals surface area contributed by atoms with Crippen LogP contribution < -0.4 is 0 Å². The van der Waals surface area contributed by atoms with Gasteiger partial charge in [0.1, 0.15) is 18.0 Å². The molecule has 4 unspecified atom stereocenters. The number of methoxy groups -OCH3 is 1. The summed E-state index contributed by atoms with van der Waals surface area (Å²) in [7, 11) is 1.53. The number of aliphatic carboxylic acids is 1. The van der Waals surface area contributed by atoms with Crippen LogP contribution in [0.4, 0.5) is 0 Å². The second kappa shape index (κ2) is 9.71. The third kappa shape index (κ3) is 4.79. The van der Waals surface area contributed by atoms with E-state index in [1.807, 2.05) is 13.0 Å². The maximum absolute atomic E-state index is 13.0. The van der Waals surface area contributed by atoms with Crippen LogP contribution in [0.15, 0.2) is 59.4 Å². The summed E-state index contributed by atoms with van der Waals surface area (Å²) in [4.78, 5) is 36.3.